The van der Waals surface area contributed by atoms with E-state index in [0.717, 1.165) is 24.7 Å². The molecule has 1 rings (SSSR count). The van der Waals surface area contributed by atoms with E-state index in [1.165, 1.54) is 0 Å². The van der Waals surface area contributed by atoms with Gasteiger partial charge in [-0.2, -0.15) is 4.98 Å². The van der Waals surface area contributed by atoms with Gasteiger partial charge in [0, 0.05) is 18.4 Å². The minimum Gasteiger partial charge on any atom is -0.339 e. The fourth-order valence-corrected chi connectivity index (χ4v) is 2.53. The Morgan fingerprint density at radius 3 is 2.22 bits per heavy atom. The molecule has 0 bridgehead atoms. The van der Waals surface area contributed by atoms with Crippen LogP contribution in [0.4, 0.5) is 0 Å². The summed E-state index contributed by atoms with van der Waals surface area (Å²) in [5, 5.41) is 7.51. The molecule has 0 aromatic carbocycles. The van der Waals surface area contributed by atoms with E-state index >= 15 is 0 Å². The van der Waals surface area contributed by atoms with Crippen molar-refractivity contribution in [1.82, 2.24) is 15.5 Å². The van der Waals surface area contributed by atoms with Gasteiger partial charge in [-0.3, -0.25) is 0 Å². The van der Waals surface area contributed by atoms with Crippen molar-refractivity contribution in [2.75, 3.05) is 6.54 Å². The number of aromatic nitrogens is 2. The average Bonchev–Trinajstić information content (AvgIpc) is 2.65. The second kappa shape index (κ2) is 6.88. The lowest BCUT2D eigenvalue weighted by molar-refractivity contribution is 0.330. The lowest BCUT2D eigenvalue weighted by Crippen LogP contribution is -2.27. The van der Waals surface area contributed by atoms with Gasteiger partial charge in [-0.05, 0) is 25.3 Å². The molecule has 1 heterocycles. The Kier molecular flexibility index (Phi) is 5.79. The topological polar surface area (TPSA) is 51.0 Å². The number of nitrogens with zero attached hydrogens (tertiary/aromatic N) is 2. The van der Waals surface area contributed by atoms with Gasteiger partial charge in [0.25, 0.3) is 0 Å². The zero-order valence-electron chi connectivity index (χ0n) is 12.5. The molecular weight excluding hydrogens is 226 g/mol. The third kappa shape index (κ3) is 4.09. The quantitative estimate of drug-likeness (QED) is 0.811. The highest BCUT2D eigenvalue weighted by Gasteiger charge is 2.25. The molecule has 4 nitrogen and oxygen atoms in total. The third-order valence-corrected chi connectivity index (χ3v) is 3.25. The summed E-state index contributed by atoms with van der Waals surface area (Å²) >= 11 is 0. The van der Waals surface area contributed by atoms with Crippen molar-refractivity contribution in [3.05, 3.63) is 11.7 Å². The molecule has 0 aliphatic carbocycles. The smallest absolute Gasteiger partial charge is 0.228 e. The SMILES string of the molecule is CCNC(C)Cc1nc(C(C(C)C)C(C)C)no1. The normalized spacial score (nSPS) is 13.8. The zero-order chi connectivity index (χ0) is 13.7. The average molecular weight is 253 g/mol. The predicted molar refractivity (Wildman–Crippen MR) is 73.6 cm³/mol. The second-order valence-electron chi connectivity index (χ2n) is 5.72. The summed E-state index contributed by atoms with van der Waals surface area (Å²) < 4.78 is 5.36. The predicted octanol–water partition coefficient (Wildman–Crippen LogP) is 3.01. The van der Waals surface area contributed by atoms with Crippen LogP contribution in [0.1, 0.15) is 59.2 Å². The molecule has 4 heteroatoms. The summed E-state index contributed by atoms with van der Waals surface area (Å²) in [6, 6.07) is 0.375. The number of hydrogen-bond donors (Lipinski definition) is 1. The van der Waals surface area contributed by atoms with E-state index in [1.807, 2.05) is 0 Å². The highest BCUT2D eigenvalue weighted by molar-refractivity contribution is 4.99. The maximum atomic E-state index is 5.36. The lowest BCUT2D eigenvalue weighted by Gasteiger charge is -2.20. The number of rotatable bonds is 7. The standard InChI is InChI=1S/C14H27N3O/c1-7-15-11(6)8-12-16-14(17-18-12)13(9(2)3)10(4)5/h9-11,13,15H,7-8H2,1-6H3. The minimum absolute atomic E-state index is 0.372. The van der Waals surface area contributed by atoms with Gasteiger partial charge in [0.2, 0.25) is 5.89 Å². The van der Waals surface area contributed by atoms with E-state index in [4.69, 9.17) is 4.52 Å². The van der Waals surface area contributed by atoms with Crippen molar-refractivity contribution in [3.63, 3.8) is 0 Å². The van der Waals surface area contributed by atoms with Crippen LogP contribution in [-0.2, 0) is 6.42 Å². The van der Waals surface area contributed by atoms with E-state index in [1.54, 1.807) is 0 Å². The summed E-state index contributed by atoms with van der Waals surface area (Å²) in [6.07, 6.45) is 0.795. The fourth-order valence-electron chi connectivity index (χ4n) is 2.53. The second-order valence-corrected chi connectivity index (χ2v) is 5.72. The molecule has 0 saturated carbocycles. The summed E-state index contributed by atoms with van der Waals surface area (Å²) in [7, 11) is 0. The van der Waals surface area contributed by atoms with Gasteiger partial charge >= 0.3 is 0 Å². The van der Waals surface area contributed by atoms with Crippen LogP contribution in [0.25, 0.3) is 0 Å². The molecule has 0 amide bonds. The van der Waals surface area contributed by atoms with Crippen LogP contribution in [0.2, 0.25) is 0 Å². The van der Waals surface area contributed by atoms with Gasteiger partial charge in [-0.15, -0.1) is 0 Å². The zero-order valence-corrected chi connectivity index (χ0v) is 12.5. The Hall–Kier alpha value is -0.900. The molecular formula is C14H27N3O. The van der Waals surface area contributed by atoms with Crippen molar-refractivity contribution in [2.45, 2.75) is 59.9 Å². The van der Waals surface area contributed by atoms with E-state index < -0.39 is 0 Å². The van der Waals surface area contributed by atoms with E-state index in [2.05, 4.69) is 57.0 Å². The van der Waals surface area contributed by atoms with Crippen LogP contribution in [0.5, 0.6) is 0 Å². The highest BCUT2D eigenvalue weighted by atomic mass is 16.5. The molecule has 0 spiro atoms. The van der Waals surface area contributed by atoms with Gasteiger partial charge in [-0.1, -0.05) is 39.8 Å². The van der Waals surface area contributed by atoms with Crippen molar-refractivity contribution < 1.29 is 4.52 Å². The minimum atomic E-state index is 0.372. The highest BCUT2D eigenvalue weighted by Crippen LogP contribution is 2.29. The Morgan fingerprint density at radius 2 is 1.72 bits per heavy atom. The molecule has 1 aromatic heterocycles. The number of hydrogen-bond acceptors (Lipinski definition) is 4. The maximum Gasteiger partial charge on any atom is 0.228 e. The molecule has 18 heavy (non-hydrogen) atoms. The summed E-state index contributed by atoms with van der Waals surface area (Å²) in [5.74, 6) is 3.03. The Morgan fingerprint density at radius 1 is 1.11 bits per heavy atom. The first kappa shape index (κ1) is 15.2. The van der Waals surface area contributed by atoms with Gasteiger partial charge in [0.05, 0.1) is 0 Å². The van der Waals surface area contributed by atoms with Gasteiger partial charge in [0.1, 0.15) is 0 Å². The molecule has 1 N–H and O–H groups in total. The van der Waals surface area contributed by atoms with Crippen LogP contribution >= 0.6 is 0 Å². The third-order valence-electron chi connectivity index (χ3n) is 3.25. The molecule has 1 atom stereocenters. The largest absolute Gasteiger partial charge is 0.339 e. The van der Waals surface area contributed by atoms with Crippen LogP contribution in [-0.4, -0.2) is 22.7 Å². The molecule has 1 unspecified atom stereocenters. The molecule has 0 fully saturated rings. The molecule has 0 aliphatic heterocycles. The van der Waals surface area contributed by atoms with E-state index in [-0.39, 0.29) is 0 Å². The molecule has 0 radical (unpaired) electrons. The van der Waals surface area contributed by atoms with Crippen LogP contribution in [0.3, 0.4) is 0 Å². The molecule has 1 aromatic rings. The van der Waals surface area contributed by atoms with Crippen LogP contribution < -0.4 is 5.32 Å². The van der Waals surface area contributed by atoms with E-state index in [9.17, 15) is 0 Å². The fraction of sp³-hybridized carbons (Fsp3) is 0.857. The Balaban J connectivity index is 2.72. The van der Waals surface area contributed by atoms with Crippen molar-refractivity contribution >= 4 is 0 Å². The van der Waals surface area contributed by atoms with Gasteiger partial charge in [0.15, 0.2) is 5.82 Å². The first-order chi connectivity index (χ1) is 8.45. The maximum absolute atomic E-state index is 5.36. The first-order valence-electron chi connectivity index (χ1n) is 7.01. The number of nitrogens with one attached hydrogen (secondary N) is 1. The van der Waals surface area contributed by atoms with Crippen molar-refractivity contribution in [1.29, 1.82) is 0 Å². The summed E-state index contributed by atoms with van der Waals surface area (Å²) in [5.41, 5.74) is 0. The van der Waals surface area contributed by atoms with Gasteiger partial charge < -0.3 is 9.84 Å². The van der Waals surface area contributed by atoms with Gasteiger partial charge in [-0.25, -0.2) is 0 Å². The lowest BCUT2D eigenvalue weighted by atomic mass is 9.85. The molecule has 0 saturated heterocycles. The first-order valence-corrected chi connectivity index (χ1v) is 7.01. The summed E-state index contributed by atoms with van der Waals surface area (Å²) in [4.78, 5) is 4.56. The molecule has 0 aliphatic rings. The van der Waals surface area contributed by atoms with Crippen molar-refractivity contribution in [2.24, 2.45) is 11.8 Å². The number of likely N-dealkylation sites (N-methyl/N-ethyl adjacent to an activating group) is 1. The molecule has 104 valence electrons. The van der Waals surface area contributed by atoms with Crippen LogP contribution in [0.15, 0.2) is 4.52 Å². The Labute approximate surface area is 111 Å². The van der Waals surface area contributed by atoms with E-state index in [0.29, 0.717) is 23.8 Å². The summed E-state index contributed by atoms with van der Waals surface area (Å²) in [6.45, 7) is 14.0. The monoisotopic (exact) mass is 253 g/mol. The van der Waals surface area contributed by atoms with Crippen molar-refractivity contribution in [3.8, 4) is 0 Å². The Bertz CT molecular complexity index is 339. The van der Waals surface area contributed by atoms with Crippen LogP contribution in [0, 0.1) is 11.8 Å².